The van der Waals surface area contributed by atoms with Crippen molar-refractivity contribution in [1.82, 2.24) is 0 Å². The van der Waals surface area contributed by atoms with Crippen LogP contribution in [0.2, 0.25) is 36.3 Å². The zero-order valence-electron chi connectivity index (χ0n) is 25.2. The lowest BCUT2D eigenvalue weighted by Crippen LogP contribution is -2.47. The number of epoxide rings is 1. The highest BCUT2D eigenvalue weighted by Gasteiger charge is 2.58. The Morgan fingerprint density at radius 3 is 2.00 bits per heavy atom. The number of carbonyl (C=O) groups excluding carboxylic acids is 1. The Kier molecular flexibility index (Phi) is 9.63. The van der Waals surface area contributed by atoms with E-state index in [9.17, 15) is 4.79 Å². The number of ether oxygens (including phenoxy) is 2. The van der Waals surface area contributed by atoms with Gasteiger partial charge in [0.2, 0.25) is 0 Å². The molecule has 0 aromatic heterocycles. The molecule has 2 rings (SSSR count). The van der Waals surface area contributed by atoms with Gasteiger partial charge in [-0.25, -0.2) is 0 Å². The van der Waals surface area contributed by atoms with Gasteiger partial charge in [0.15, 0.2) is 16.6 Å². The number of esters is 1. The fourth-order valence-electron chi connectivity index (χ4n) is 4.35. The molecule has 1 aliphatic carbocycles. The largest absolute Gasteiger partial charge is 0.465 e. The van der Waals surface area contributed by atoms with Gasteiger partial charge in [0.25, 0.3) is 0 Å². The van der Waals surface area contributed by atoms with E-state index in [-0.39, 0.29) is 34.2 Å². The van der Waals surface area contributed by atoms with E-state index in [2.05, 4.69) is 67.7 Å². The molecule has 0 amide bonds. The summed E-state index contributed by atoms with van der Waals surface area (Å²) in [5.74, 6) is 0.469. The van der Waals surface area contributed by atoms with E-state index in [1.807, 2.05) is 20.8 Å². The van der Waals surface area contributed by atoms with Gasteiger partial charge in [0.1, 0.15) is 0 Å². The second-order valence-corrected chi connectivity index (χ2v) is 24.6. The molecular formula is C28H56O5Si2. The first kappa shape index (κ1) is 31.0. The van der Waals surface area contributed by atoms with Gasteiger partial charge < -0.3 is 18.3 Å². The van der Waals surface area contributed by atoms with Crippen molar-refractivity contribution in [3.63, 3.8) is 0 Å². The lowest BCUT2D eigenvalue weighted by Gasteiger charge is -2.42. The van der Waals surface area contributed by atoms with E-state index in [1.165, 1.54) is 0 Å². The molecule has 0 aromatic rings. The van der Waals surface area contributed by atoms with Gasteiger partial charge in [-0.15, -0.1) is 0 Å². The van der Waals surface area contributed by atoms with Gasteiger partial charge in [0.05, 0.1) is 24.2 Å². The van der Waals surface area contributed by atoms with E-state index in [0.717, 1.165) is 32.3 Å². The van der Waals surface area contributed by atoms with Crippen LogP contribution in [-0.4, -0.2) is 54.1 Å². The summed E-state index contributed by atoms with van der Waals surface area (Å²) in [6.07, 6.45) is 4.91. The molecular weight excluding hydrogens is 472 g/mol. The number of unbranched alkanes of at least 4 members (excludes halogenated alkanes) is 1. The lowest BCUT2D eigenvalue weighted by atomic mass is 9.87. The summed E-state index contributed by atoms with van der Waals surface area (Å²) in [6.45, 7) is 30.1. The topological polar surface area (TPSA) is 57.3 Å². The van der Waals surface area contributed by atoms with E-state index in [4.69, 9.17) is 18.3 Å². The molecule has 2 fully saturated rings. The minimum atomic E-state index is -1.94. The first-order chi connectivity index (χ1) is 15.7. The van der Waals surface area contributed by atoms with Crippen molar-refractivity contribution in [3.05, 3.63) is 0 Å². The third kappa shape index (κ3) is 8.13. The molecule has 0 unspecified atom stereocenters. The van der Waals surface area contributed by atoms with Crippen molar-refractivity contribution in [1.29, 1.82) is 0 Å². The predicted octanol–water partition coefficient (Wildman–Crippen LogP) is 7.56. The van der Waals surface area contributed by atoms with Gasteiger partial charge >= 0.3 is 5.97 Å². The van der Waals surface area contributed by atoms with Crippen LogP contribution in [0.5, 0.6) is 0 Å². The highest BCUT2D eigenvalue weighted by atomic mass is 28.4. The summed E-state index contributed by atoms with van der Waals surface area (Å²) in [5, 5.41) is 0.395. The molecule has 35 heavy (non-hydrogen) atoms. The van der Waals surface area contributed by atoms with Crippen molar-refractivity contribution < 1.29 is 23.1 Å². The van der Waals surface area contributed by atoms with Gasteiger partial charge in [-0.05, 0) is 88.6 Å². The monoisotopic (exact) mass is 528 g/mol. The molecule has 1 saturated carbocycles. The van der Waals surface area contributed by atoms with Crippen molar-refractivity contribution in [3.8, 4) is 0 Å². The molecule has 7 heteroatoms. The van der Waals surface area contributed by atoms with Gasteiger partial charge in [-0.3, -0.25) is 4.79 Å². The standard InChI is InChI=1S/C28H56O5Si2/c1-26(2,3)25(29)30-19-21-20(18-23-24(21)32-23)22(33-35(12,13)28(7,8)9)16-14-15-17-31-34(10,11)27(4,5)6/h20-24H,14-19H2,1-13H3/t20-,21+,22-,23-,24+/m0/s1. The van der Waals surface area contributed by atoms with Crippen molar-refractivity contribution in [2.75, 3.05) is 13.2 Å². The minimum Gasteiger partial charge on any atom is -0.465 e. The summed E-state index contributed by atoms with van der Waals surface area (Å²) in [6, 6.07) is 0. The Hall–Kier alpha value is -0.216. The first-order valence-electron chi connectivity index (χ1n) is 13.8. The Morgan fingerprint density at radius 2 is 1.49 bits per heavy atom. The van der Waals surface area contributed by atoms with E-state index in [1.54, 1.807) is 0 Å². The van der Waals surface area contributed by atoms with Crippen molar-refractivity contribution >= 4 is 22.6 Å². The van der Waals surface area contributed by atoms with Crippen LogP contribution in [0.4, 0.5) is 0 Å². The van der Waals surface area contributed by atoms with E-state index < -0.39 is 22.0 Å². The second kappa shape index (κ2) is 10.9. The number of fused-ring (bicyclic) bond motifs is 1. The van der Waals surface area contributed by atoms with Crippen molar-refractivity contribution in [2.45, 2.75) is 143 Å². The van der Waals surface area contributed by atoms with Crippen LogP contribution in [0.15, 0.2) is 0 Å². The third-order valence-electron chi connectivity index (χ3n) is 9.00. The van der Waals surface area contributed by atoms with E-state index >= 15 is 0 Å². The summed E-state index contributed by atoms with van der Waals surface area (Å²) < 4.78 is 25.2. The summed E-state index contributed by atoms with van der Waals surface area (Å²) >= 11 is 0. The maximum atomic E-state index is 12.5. The fourth-order valence-corrected chi connectivity index (χ4v) is 6.84. The van der Waals surface area contributed by atoms with Crippen LogP contribution in [0.25, 0.3) is 0 Å². The molecule has 0 aromatic carbocycles. The SMILES string of the molecule is CC(C)(C)C(=O)OC[C@@H]1[C@@H]([C@H](CCCCO[Si](C)(C)C(C)(C)C)O[Si](C)(C)C(C)(C)C)C[C@@H]2O[C@H]12. The zero-order chi connectivity index (χ0) is 27.0. The van der Waals surface area contributed by atoms with E-state index in [0.29, 0.717) is 18.6 Å². The molecule has 5 atom stereocenters. The number of carbonyl (C=O) groups is 1. The molecule has 1 aliphatic heterocycles. The molecule has 0 radical (unpaired) electrons. The Balaban J connectivity index is 2.06. The maximum absolute atomic E-state index is 12.5. The maximum Gasteiger partial charge on any atom is 0.311 e. The minimum absolute atomic E-state index is 0.134. The van der Waals surface area contributed by atoms with Crippen LogP contribution in [0, 0.1) is 17.3 Å². The lowest BCUT2D eigenvalue weighted by molar-refractivity contribution is -0.155. The molecule has 1 saturated heterocycles. The molecule has 1 heterocycles. The van der Waals surface area contributed by atoms with Gasteiger partial charge in [-0.2, -0.15) is 0 Å². The van der Waals surface area contributed by atoms with Gasteiger partial charge in [0, 0.05) is 18.6 Å². The number of hydrogen-bond acceptors (Lipinski definition) is 5. The van der Waals surface area contributed by atoms with Gasteiger partial charge in [-0.1, -0.05) is 41.5 Å². The Morgan fingerprint density at radius 1 is 0.914 bits per heavy atom. The molecule has 2 aliphatic rings. The highest BCUT2D eigenvalue weighted by molar-refractivity contribution is 6.74. The van der Waals surface area contributed by atoms with Crippen LogP contribution in [0.1, 0.15) is 88.0 Å². The second-order valence-electron chi connectivity index (χ2n) is 15.1. The molecule has 0 spiro atoms. The van der Waals surface area contributed by atoms with Crippen LogP contribution < -0.4 is 0 Å². The summed E-state index contributed by atoms with van der Waals surface area (Å²) in [5.41, 5.74) is -0.487. The Labute approximate surface area is 218 Å². The average Bonchev–Trinajstić information content (AvgIpc) is 3.34. The smallest absolute Gasteiger partial charge is 0.311 e. The van der Waals surface area contributed by atoms with Crippen LogP contribution in [0.3, 0.4) is 0 Å². The van der Waals surface area contributed by atoms with Crippen LogP contribution in [-0.2, 0) is 23.1 Å². The quantitative estimate of drug-likeness (QED) is 0.120. The molecule has 0 N–H and O–H groups in total. The normalized spacial score (nSPS) is 26.4. The van der Waals surface area contributed by atoms with Crippen LogP contribution >= 0.6 is 0 Å². The highest BCUT2D eigenvalue weighted by Crippen LogP contribution is 2.51. The third-order valence-corrected chi connectivity index (χ3v) is 18.0. The molecule has 206 valence electrons. The molecule has 5 nitrogen and oxygen atoms in total. The average molecular weight is 529 g/mol. The zero-order valence-corrected chi connectivity index (χ0v) is 27.2. The molecule has 0 bridgehead atoms. The number of rotatable bonds is 11. The summed E-state index contributed by atoms with van der Waals surface area (Å²) in [7, 11) is -3.65. The predicted molar refractivity (Wildman–Crippen MR) is 150 cm³/mol. The Bertz CT molecular complexity index is 714. The summed E-state index contributed by atoms with van der Waals surface area (Å²) in [4.78, 5) is 12.5. The number of hydrogen-bond donors (Lipinski definition) is 0. The van der Waals surface area contributed by atoms with Crippen molar-refractivity contribution in [2.24, 2.45) is 17.3 Å². The first-order valence-corrected chi connectivity index (χ1v) is 19.6. The fraction of sp³-hybridized carbons (Fsp3) is 0.964.